The minimum Gasteiger partial charge on any atom is -0.497 e. The normalized spacial score (nSPS) is 16.9. The van der Waals surface area contributed by atoms with Gasteiger partial charge in [-0.3, -0.25) is 4.79 Å². The maximum Gasteiger partial charge on any atom is 0.254 e. The highest BCUT2D eigenvalue weighted by molar-refractivity contribution is 5.94. The van der Waals surface area contributed by atoms with Gasteiger partial charge in [0.15, 0.2) is 0 Å². The Morgan fingerprint density at radius 1 is 1.36 bits per heavy atom. The smallest absolute Gasteiger partial charge is 0.254 e. The van der Waals surface area contributed by atoms with Crippen molar-refractivity contribution < 1.29 is 14.3 Å². The molecule has 0 radical (unpaired) electrons. The third-order valence-corrected chi connectivity index (χ3v) is 5.08. The standard InChI is InChI=1S/C21H28N4O3/c1-15-19(21(26)23-12-16-5-4-6-18(11-16)28-3)13-22-20(24-15)17-7-8-25(14-17)9-10-27-2/h4-6,11,13,17H,7-10,12,14H2,1-3H3,(H,23,26)/t17-/m0/s1. The van der Waals surface area contributed by atoms with Crippen LogP contribution in [0.15, 0.2) is 30.5 Å². The third kappa shape index (κ3) is 5.05. The summed E-state index contributed by atoms with van der Waals surface area (Å²) >= 11 is 0. The number of amides is 1. The molecule has 7 heteroatoms. The number of carbonyl (C=O) groups is 1. The maximum atomic E-state index is 12.6. The molecule has 0 saturated carbocycles. The molecule has 2 aromatic rings. The largest absolute Gasteiger partial charge is 0.497 e. The highest BCUT2D eigenvalue weighted by atomic mass is 16.5. The van der Waals surface area contributed by atoms with E-state index < -0.39 is 0 Å². The molecule has 1 N–H and O–H groups in total. The molecule has 0 spiro atoms. The average molecular weight is 384 g/mol. The van der Waals surface area contributed by atoms with Gasteiger partial charge >= 0.3 is 0 Å². The van der Waals surface area contributed by atoms with Crippen molar-refractivity contribution in [3.8, 4) is 5.75 Å². The Kier molecular flexibility index (Phi) is 6.95. The van der Waals surface area contributed by atoms with Crippen LogP contribution in [-0.4, -0.2) is 61.2 Å². The molecule has 1 atom stereocenters. The number of carbonyl (C=O) groups excluding carboxylic acids is 1. The van der Waals surface area contributed by atoms with Crippen molar-refractivity contribution in [2.75, 3.05) is 40.5 Å². The van der Waals surface area contributed by atoms with Crippen LogP contribution in [-0.2, 0) is 11.3 Å². The van der Waals surface area contributed by atoms with Gasteiger partial charge < -0.3 is 19.7 Å². The van der Waals surface area contributed by atoms with E-state index in [0.29, 0.717) is 23.7 Å². The summed E-state index contributed by atoms with van der Waals surface area (Å²) in [6, 6.07) is 7.63. The third-order valence-electron chi connectivity index (χ3n) is 5.08. The first-order valence-electron chi connectivity index (χ1n) is 9.56. The van der Waals surface area contributed by atoms with Crippen LogP contribution in [0.25, 0.3) is 0 Å². The lowest BCUT2D eigenvalue weighted by atomic mass is 10.1. The molecule has 1 fully saturated rings. The first-order valence-corrected chi connectivity index (χ1v) is 9.56. The molecule has 1 aliphatic rings. The molecule has 7 nitrogen and oxygen atoms in total. The Morgan fingerprint density at radius 3 is 2.96 bits per heavy atom. The summed E-state index contributed by atoms with van der Waals surface area (Å²) in [6.45, 7) is 5.91. The second-order valence-corrected chi connectivity index (χ2v) is 7.04. The number of aryl methyl sites for hydroxylation is 1. The van der Waals surface area contributed by atoms with Crippen molar-refractivity contribution in [1.82, 2.24) is 20.2 Å². The van der Waals surface area contributed by atoms with E-state index in [1.165, 1.54) is 0 Å². The van der Waals surface area contributed by atoms with Crippen molar-refractivity contribution in [3.63, 3.8) is 0 Å². The number of hydrogen-bond donors (Lipinski definition) is 1. The Bertz CT molecular complexity index is 812. The molecular weight excluding hydrogens is 356 g/mol. The summed E-state index contributed by atoms with van der Waals surface area (Å²) in [5.41, 5.74) is 2.20. The number of nitrogens with zero attached hydrogens (tertiary/aromatic N) is 3. The highest BCUT2D eigenvalue weighted by Crippen LogP contribution is 2.24. The molecule has 28 heavy (non-hydrogen) atoms. The summed E-state index contributed by atoms with van der Waals surface area (Å²) < 4.78 is 10.4. The van der Waals surface area contributed by atoms with Crippen LogP contribution in [0.2, 0.25) is 0 Å². The first-order chi connectivity index (χ1) is 13.6. The van der Waals surface area contributed by atoms with E-state index in [0.717, 1.165) is 49.8 Å². The SMILES string of the molecule is COCCN1CC[C@H](c2ncc(C(=O)NCc3cccc(OC)c3)c(C)n2)C1. The maximum absolute atomic E-state index is 12.6. The van der Waals surface area contributed by atoms with Crippen LogP contribution in [0.3, 0.4) is 0 Å². The number of ether oxygens (including phenoxy) is 2. The van der Waals surface area contributed by atoms with Gasteiger partial charge in [0, 0.05) is 38.9 Å². The van der Waals surface area contributed by atoms with Crippen molar-refractivity contribution in [1.29, 1.82) is 0 Å². The van der Waals surface area contributed by atoms with Gasteiger partial charge in [-0.25, -0.2) is 9.97 Å². The van der Waals surface area contributed by atoms with E-state index >= 15 is 0 Å². The minimum atomic E-state index is -0.167. The molecule has 2 heterocycles. The van der Waals surface area contributed by atoms with Gasteiger partial charge in [0.25, 0.3) is 5.91 Å². The van der Waals surface area contributed by atoms with Gasteiger partial charge in [0.1, 0.15) is 11.6 Å². The molecule has 0 unspecified atom stereocenters. The van der Waals surface area contributed by atoms with Crippen LogP contribution in [0.1, 0.15) is 39.8 Å². The second kappa shape index (κ2) is 9.61. The Balaban J connectivity index is 1.59. The number of hydrogen-bond acceptors (Lipinski definition) is 6. The Hall–Kier alpha value is -2.51. The molecule has 150 valence electrons. The molecule has 1 saturated heterocycles. The van der Waals surface area contributed by atoms with Gasteiger partial charge in [-0.05, 0) is 37.6 Å². The molecule has 3 rings (SSSR count). The summed E-state index contributed by atoms with van der Waals surface area (Å²) in [6.07, 6.45) is 2.68. The minimum absolute atomic E-state index is 0.167. The lowest BCUT2D eigenvalue weighted by molar-refractivity contribution is 0.0949. The van der Waals surface area contributed by atoms with Gasteiger partial charge in [-0.1, -0.05) is 12.1 Å². The van der Waals surface area contributed by atoms with Gasteiger partial charge in [0.05, 0.1) is 25.0 Å². The van der Waals surface area contributed by atoms with E-state index in [1.807, 2.05) is 31.2 Å². The molecule has 1 aliphatic heterocycles. The first kappa shape index (κ1) is 20.2. The predicted molar refractivity (Wildman–Crippen MR) is 107 cm³/mol. The number of rotatable bonds is 8. The van der Waals surface area contributed by atoms with Gasteiger partial charge in [-0.15, -0.1) is 0 Å². The van der Waals surface area contributed by atoms with E-state index in [4.69, 9.17) is 9.47 Å². The quantitative estimate of drug-likeness (QED) is 0.752. The number of benzene rings is 1. The number of nitrogens with one attached hydrogen (secondary N) is 1. The van der Waals surface area contributed by atoms with E-state index in [9.17, 15) is 4.79 Å². The summed E-state index contributed by atoms with van der Waals surface area (Å²) in [5, 5.41) is 2.93. The second-order valence-electron chi connectivity index (χ2n) is 7.04. The molecule has 0 bridgehead atoms. The average Bonchev–Trinajstić information content (AvgIpc) is 3.19. The molecule has 1 aromatic heterocycles. The van der Waals surface area contributed by atoms with Crippen LogP contribution < -0.4 is 10.1 Å². The van der Waals surface area contributed by atoms with E-state index in [-0.39, 0.29) is 5.91 Å². The lowest BCUT2D eigenvalue weighted by Crippen LogP contribution is -2.26. The van der Waals surface area contributed by atoms with E-state index in [2.05, 4.69) is 20.2 Å². The van der Waals surface area contributed by atoms with Crippen LogP contribution in [0, 0.1) is 6.92 Å². The molecular formula is C21H28N4O3. The summed E-state index contributed by atoms with van der Waals surface area (Å²) in [4.78, 5) is 24.0. The molecule has 0 aliphatic carbocycles. The zero-order valence-corrected chi connectivity index (χ0v) is 16.8. The van der Waals surface area contributed by atoms with Gasteiger partial charge in [-0.2, -0.15) is 0 Å². The fourth-order valence-electron chi connectivity index (χ4n) is 3.43. The summed E-state index contributed by atoms with van der Waals surface area (Å²) in [7, 11) is 3.35. The monoisotopic (exact) mass is 384 g/mol. The van der Waals surface area contributed by atoms with Crippen molar-refractivity contribution in [3.05, 3.63) is 53.1 Å². The number of aromatic nitrogens is 2. The van der Waals surface area contributed by atoms with Crippen molar-refractivity contribution in [2.24, 2.45) is 0 Å². The molecule has 1 aromatic carbocycles. The molecule has 1 amide bonds. The fourth-order valence-corrected chi connectivity index (χ4v) is 3.43. The van der Waals surface area contributed by atoms with Gasteiger partial charge in [0.2, 0.25) is 0 Å². The lowest BCUT2D eigenvalue weighted by Gasteiger charge is -2.15. The van der Waals surface area contributed by atoms with Crippen molar-refractivity contribution in [2.45, 2.75) is 25.8 Å². The zero-order chi connectivity index (χ0) is 19.9. The van der Waals surface area contributed by atoms with Crippen LogP contribution >= 0.6 is 0 Å². The number of likely N-dealkylation sites (tertiary alicyclic amines) is 1. The van der Waals surface area contributed by atoms with E-state index in [1.54, 1.807) is 20.4 Å². The Labute approximate surface area is 166 Å². The summed E-state index contributed by atoms with van der Waals surface area (Å²) in [5.74, 6) is 1.73. The predicted octanol–water partition coefficient (Wildman–Crippen LogP) is 2.16. The highest BCUT2D eigenvalue weighted by Gasteiger charge is 2.26. The van der Waals surface area contributed by atoms with Crippen molar-refractivity contribution >= 4 is 5.91 Å². The Morgan fingerprint density at radius 2 is 2.21 bits per heavy atom. The van der Waals surface area contributed by atoms with Crippen LogP contribution in [0.5, 0.6) is 5.75 Å². The zero-order valence-electron chi connectivity index (χ0n) is 16.8. The van der Waals surface area contributed by atoms with Crippen LogP contribution in [0.4, 0.5) is 0 Å². The number of methoxy groups -OCH3 is 2. The fraction of sp³-hybridized carbons (Fsp3) is 0.476. The topological polar surface area (TPSA) is 76.6 Å².